The molecule has 0 saturated heterocycles. The molecule has 2 aromatic heterocycles. The van der Waals surface area contributed by atoms with Crippen molar-refractivity contribution in [3.8, 4) is 5.69 Å². The maximum absolute atomic E-state index is 11.6. The van der Waals surface area contributed by atoms with E-state index in [4.69, 9.17) is 16.6 Å². The molecule has 6 nitrogen and oxygen atoms in total. The zero-order chi connectivity index (χ0) is 19.7. The topological polar surface area (TPSA) is 73.0 Å². The highest BCUT2D eigenvalue weighted by Crippen LogP contribution is 2.34. The number of carbonyl (C=O) groups is 1. The van der Waals surface area contributed by atoms with Crippen LogP contribution in [-0.4, -0.2) is 31.2 Å². The highest BCUT2D eigenvalue weighted by Gasteiger charge is 2.29. The van der Waals surface area contributed by atoms with Gasteiger partial charge in [0.15, 0.2) is 5.82 Å². The van der Waals surface area contributed by atoms with Crippen molar-refractivity contribution < 1.29 is 4.79 Å². The van der Waals surface area contributed by atoms with Crippen molar-refractivity contribution in [1.82, 2.24) is 19.7 Å². The molecule has 0 unspecified atom stereocenters. The molecule has 1 aliphatic heterocycles. The number of carbonyl (C=O) groups excluding carboxylic acids is 1. The Morgan fingerprint density at radius 3 is 2.79 bits per heavy atom. The average molecular weight is 394 g/mol. The van der Waals surface area contributed by atoms with Crippen LogP contribution in [0.1, 0.15) is 55.6 Å². The van der Waals surface area contributed by atoms with Crippen LogP contribution in [0.5, 0.6) is 0 Å². The molecule has 7 heteroatoms. The Morgan fingerprint density at radius 1 is 1.21 bits per heavy atom. The van der Waals surface area contributed by atoms with Crippen LogP contribution >= 0.6 is 11.6 Å². The van der Waals surface area contributed by atoms with Crippen LogP contribution in [0, 0.1) is 0 Å². The number of nitrogens with zero attached hydrogens (tertiary/aromatic N) is 5. The number of Topliss-reactive ketones (excluding diaryl/α,β-unsaturated/α-hetero) is 1. The number of rotatable bonds is 5. The van der Waals surface area contributed by atoms with Crippen LogP contribution in [0.4, 0.5) is 0 Å². The molecule has 142 valence electrons. The van der Waals surface area contributed by atoms with Gasteiger partial charge in [0.2, 0.25) is 0 Å². The van der Waals surface area contributed by atoms with Gasteiger partial charge < -0.3 is 4.79 Å². The minimum Gasteiger partial charge on any atom is -0.300 e. The highest BCUT2D eigenvalue weighted by molar-refractivity contribution is 6.31. The lowest BCUT2D eigenvalue weighted by atomic mass is 10.0. The molecule has 3 heterocycles. The van der Waals surface area contributed by atoms with Crippen molar-refractivity contribution in [2.24, 2.45) is 4.99 Å². The van der Waals surface area contributed by atoms with E-state index in [1.54, 1.807) is 13.1 Å². The Morgan fingerprint density at radius 2 is 2.07 bits per heavy atom. The third-order valence-electron chi connectivity index (χ3n) is 4.79. The van der Waals surface area contributed by atoms with Crippen LogP contribution in [0.25, 0.3) is 5.69 Å². The average Bonchev–Trinajstić information content (AvgIpc) is 3.07. The minimum atomic E-state index is -0.292. The first-order valence-electron chi connectivity index (χ1n) is 9.31. The standard InChI is InChI=1S/C21H20ClN5O/c1-3-19-25-26-21-17(9-7-13(2)28)24-20(16-6-4-5-11-23-16)15-12-14(22)8-10-18(15)27(19)21/h4-6,8,10-12,17H,3,7,9H2,1-2H3/t17-/m0/s1. The predicted octanol–water partition coefficient (Wildman–Crippen LogP) is 4.14. The summed E-state index contributed by atoms with van der Waals surface area (Å²) in [7, 11) is 0. The first-order chi connectivity index (χ1) is 13.6. The van der Waals surface area contributed by atoms with Crippen LogP contribution in [0.2, 0.25) is 5.02 Å². The number of pyridine rings is 1. The number of aryl methyl sites for hydroxylation is 1. The zero-order valence-corrected chi connectivity index (χ0v) is 16.5. The summed E-state index contributed by atoms with van der Waals surface area (Å²) in [6.07, 6.45) is 3.47. The van der Waals surface area contributed by atoms with Gasteiger partial charge in [0.1, 0.15) is 17.6 Å². The molecule has 4 rings (SSSR count). The fraction of sp³-hybridized carbons (Fsp3) is 0.286. The smallest absolute Gasteiger partial charge is 0.162 e. The molecule has 0 spiro atoms. The fourth-order valence-corrected chi connectivity index (χ4v) is 3.63. The van der Waals surface area contributed by atoms with E-state index in [1.807, 2.05) is 43.3 Å². The molecule has 1 atom stereocenters. The van der Waals surface area contributed by atoms with E-state index in [0.29, 0.717) is 17.9 Å². The Labute approximate surface area is 168 Å². The van der Waals surface area contributed by atoms with Gasteiger partial charge in [0.25, 0.3) is 0 Å². The van der Waals surface area contributed by atoms with E-state index in [1.165, 1.54) is 0 Å². The van der Waals surface area contributed by atoms with Crippen molar-refractivity contribution in [3.63, 3.8) is 0 Å². The van der Waals surface area contributed by atoms with Gasteiger partial charge in [-0.3, -0.25) is 14.5 Å². The van der Waals surface area contributed by atoms with Gasteiger partial charge in [-0.15, -0.1) is 10.2 Å². The summed E-state index contributed by atoms with van der Waals surface area (Å²) in [6, 6.07) is 11.2. The Balaban J connectivity index is 1.98. The zero-order valence-electron chi connectivity index (χ0n) is 15.8. The number of aromatic nitrogens is 4. The molecular formula is C21H20ClN5O. The Bertz CT molecular complexity index is 1060. The molecule has 28 heavy (non-hydrogen) atoms. The van der Waals surface area contributed by atoms with Gasteiger partial charge in [-0.25, -0.2) is 0 Å². The Hall–Kier alpha value is -2.86. The summed E-state index contributed by atoms with van der Waals surface area (Å²) >= 11 is 6.34. The first kappa shape index (κ1) is 18.5. The molecule has 0 radical (unpaired) electrons. The van der Waals surface area contributed by atoms with E-state index in [9.17, 15) is 4.79 Å². The molecule has 1 aliphatic rings. The number of aliphatic imine (C=N–C) groups is 1. The lowest BCUT2D eigenvalue weighted by molar-refractivity contribution is -0.117. The van der Waals surface area contributed by atoms with Gasteiger partial charge in [0.05, 0.1) is 17.1 Å². The number of halogens is 1. The maximum Gasteiger partial charge on any atom is 0.162 e. The van der Waals surface area contributed by atoms with E-state index < -0.39 is 0 Å². The van der Waals surface area contributed by atoms with Crippen LogP contribution in [0.3, 0.4) is 0 Å². The van der Waals surface area contributed by atoms with E-state index >= 15 is 0 Å². The summed E-state index contributed by atoms with van der Waals surface area (Å²) < 4.78 is 2.05. The molecule has 0 fully saturated rings. The third kappa shape index (κ3) is 3.36. The van der Waals surface area contributed by atoms with Crippen LogP contribution < -0.4 is 0 Å². The predicted molar refractivity (Wildman–Crippen MR) is 108 cm³/mol. The number of ketones is 1. The van der Waals surface area contributed by atoms with E-state index in [2.05, 4.69) is 19.7 Å². The maximum atomic E-state index is 11.6. The van der Waals surface area contributed by atoms with Gasteiger partial charge >= 0.3 is 0 Å². The Kier molecular flexibility index (Phi) is 5.05. The van der Waals surface area contributed by atoms with E-state index in [0.717, 1.165) is 40.7 Å². The van der Waals surface area contributed by atoms with Crippen molar-refractivity contribution in [1.29, 1.82) is 0 Å². The number of benzene rings is 1. The molecule has 3 aromatic rings. The summed E-state index contributed by atoms with van der Waals surface area (Å²) in [6.45, 7) is 3.64. The molecule has 1 aromatic carbocycles. The number of hydrogen-bond acceptors (Lipinski definition) is 5. The van der Waals surface area contributed by atoms with Gasteiger partial charge in [-0.1, -0.05) is 24.6 Å². The molecule has 0 aliphatic carbocycles. The van der Waals surface area contributed by atoms with E-state index in [-0.39, 0.29) is 11.8 Å². The van der Waals surface area contributed by atoms with Crippen molar-refractivity contribution >= 4 is 23.1 Å². The third-order valence-corrected chi connectivity index (χ3v) is 5.02. The largest absolute Gasteiger partial charge is 0.300 e. The normalized spacial score (nSPS) is 15.4. The van der Waals surface area contributed by atoms with Gasteiger partial charge in [-0.2, -0.15) is 0 Å². The van der Waals surface area contributed by atoms with Crippen LogP contribution in [-0.2, 0) is 11.2 Å². The first-order valence-corrected chi connectivity index (χ1v) is 9.69. The summed E-state index contributed by atoms with van der Waals surface area (Å²) in [4.78, 5) is 21.2. The lowest BCUT2D eigenvalue weighted by Crippen LogP contribution is -2.10. The summed E-state index contributed by atoms with van der Waals surface area (Å²) in [5, 5.41) is 9.42. The lowest BCUT2D eigenvalue weighted by Gasteiger charge is -2.13. The van der Waals surface area contributed by atoms with Crippen LogP contribution in [0.15, 0.2) is 47.6 Å². The molecule has 0 amide bonds. The summed E-state index contributed by atoms with van der Waals surface area (Å²) in [5.41, 5.74) is 3.32. The molecular weight excluding hydrogens is 374 g/mol. The van der Waals surface area contributed by atoms with Crippen molar-refractivity contribution in [3.05, 3.63) is 70.5 Å². The quantitative estimate of drug-likeness (QED) is 0.653. The second-order valence-corrected chi connectivity index (χ2v) is 7.21. The number of fused-ring (bicyclic) bond motifs is 3. The monoisotopic (exact) mass is 393 g/mol. The summed E-state index contributed by atoms with van der Waals surface area (Å²) in [5.74, 6) is 1.72. The van der Waals surface area contributed by atoms with Crippen molar-refractivity contribution in [2.45, 2.75) is 39.2 Å². The minimum absolute atomic E-state index is 0.126. The fourth-order valence-electron chi connectivity index (χ4n) is 3.45. The second-order valence-electron chi connectivity index (χ2n) is 6.77. The van der Waals surface area contributed by atoms with Gasteiger partial charge in [-0.05, 0) is 43.7 Å². The second kappa shape index (κ2) is 7.64. The molecule has 0 saturated carbocycles. The molecule has 0 N–H and O–H groups in total. The number of hydrogen-bond donors (Lipinski definition) is 0. The van der Waals surface area contributed by atoms with Crippen molar-refractivity contribution in [2.75, 3.05) is 0 Å². The highest BCUT2D eigenvalue weighted by atomic mass is 35.5. The SMILES string of the molecule is CCc1nnc2n1-c1ccc(Cl)cc1C(c1ccccn1)=N[C@H]2CCC(C)=O. The molecule has 0 bridgehead atoms. The van der Waals surface area contributed by atoms with Gasteiger partial charge in [0, 0.05) is 29.6 Å².